The third kappa shape index (κ3) is 4.72. The zero-order valence-electron chi connectivity index (χ0n) is 18.2. The molecule has 1 aliphatic heterocycles. The van der Waals surface area contributed by atoms with Gasteiger partial charge in [0.05, 0.1) is 44.0 Å². The fourth-order valence-electron chi connectivity index (χ4n) is 4.06. The summed E-state index contributed by atoms with van der Waals surface area (Å²) in [5.74, 6) is 0.00864. The molecular weight excluding hydrogens is 473 g/mol. The van der Waals surface area contributed by atoms with Crippen LogP contribution in [0.15, 0.2) is 48.7 Å². The van der Waals surface area contributed by atoms with Gasteiger partial charge in [0.1, 0.15) is 18.0 Å². The van der Waals surface area contributed by atoms with Crippen LogP contribution in [0.4, 0.5) is 4.39 Å². The number of rotatable bonds is 7. The van der Waals surface area contributed by atoms with Crippen LogP contribution >= 0.6 is 11.6 Å². The highest BCUT2D eigenvalue weighted by Gasteiger charge is 2.35. The molecule has 0 radical (unpaired) electrons. The highest BCUT2D eigenvalue weighted by atomic mass is 35.5. The highest BCUT2D eigenvalue weighted by Crippen LogP contribution is 2.47. The molecule has 7 nitrogen and oxygen atoms in total. The molecule has 176 valence electrons. The van der Waals surface area contributed by atoms with Gasteiger partial charge < -0.3 is 18.8 Å². The molecule has 3 aromatic rings. The Morgan fingerprint density at radius 3 is 2.64 bits per heavy atom. The van der Waals surface area contributed by atoms with Crippen LogP contribution in [-0.4, -0.2) is 40.1 Å². The summed E-state index contributed by atoms with van der Waals surface area (Å²) in [6, 6.07) is 11.8. The summed E-state index contributed by atoms with van der Waals surface area (Å²) in [4.78, 5) is 0. The van der Waals surface area contributed by atoms with E-state index < -0.39 is 28.1 Å². The lowest BCUT2D eigenvalue weighted by Gasteiger charge is -2.25. The first-order chi connectivity index (χ1) is 15.7. The minimum atomic E-state index is -3.63. The van der Waals surface area contributed by atoms with Gasteiger partial charge in [0.2, 0.25) is 0 Å². The smallest absolute Gasteiger partial charge is 0.264 e. The molecule has 0 aliphatic carbocycles. The van der Waals surface area contributed by atoms with Gasteiger partial charge in [-0.3, -0.25) is 4.18 Å². The number of hydrogen-bond donors (Lipinski definition) is 0. The van der Waals surface area contributed by atoms with E-state index >= 15 is 4.39 Å². The maximum Gasteiger partial charge on any atom is 0.264 e. The molecular formula is C23H23ClFNO6S. The Kier molecular flexibility index (Phi) is 6.67. The van der Waals surface area contributed by atoms with E-state index in [0.717, 1.165) is 17.6 Å². The van der Waals surface area contributed by atoms with Crippen molar-refractivity contribution >= 4 is 21.7 Å². The van der Waals surface area contributed by atoms with Crippen molar-refractivity contribution in [2.75, 3.05) is 27.1 Å². The molecule has 0 amide bonds. The van der Waals surface area contributed by atoms with Crippen LogP contribution in [0.1, 0.15) is 35.4 Å². The second kappa shape index (κ2) is 9.34. The molecule has 0 spiro atoms. The predicted octanol–water partition coefficient (Wildman–Crippen LogP) is 4.81. The van der Waals surface area contributed by atoms with Crippen LogP contribution < -0.4 is 9.47 Å². The normalized spacial score (nSPS) is 17.7. The van der Waals surface area contributed by atoms with Gasteiger partial charge in [-0.15, -0.1) is 0 Å². The van der Waals surface area contributed by atoms with Gasteiger partial charge >= 0.3 is 0 Å². The van der Waals surface area contributed by atoms with Crippen molar-refractivity contribution in [2.45, 2.75) is 18.6 Å². The second-order valence-corrected chi connectivity index (χ2v) is 9.60. The molecule has 1 aliphatic rings. The molecule has 33 heavy (non-hydrogen) atoms. The first-order valence-corrected chi connectivity index (χ1v) is 12.3. The lowest BCUT2D eigenvalue weighted by atomic mass is 9.97. The number of halogens is 2. The van der Waals surface area contributed by atoms with Crippen LogP contribution in [0.5, 0.6) is 11.5 Å². The summed E-state index contributed by atoms with van der Waals surface area (Å²) in [5, 5.41) is 0.456. The van der Waals surface area contributed by atoms with Crippen molar-refractivity contribution in [2.24, 2.45) is 0 Å². The molecule has 2 unspecified atom stereocenters. The molecule has 0 bridgehead atoms. The first kappa shape index (κ1) is 23.6. The standard InChI is InChI=1S/C23H23ClFNO6S/c1-29-20-9-7-16(25)21(23(20)30-2)22-15-13-14(24)6-8-17(15)26-11-4-5-18(26)19(32-22)10-12-31-33(3,27)28/h4-9,11,13,19,22H,10,12H2,1-3H3. The van der Waals surface area contributed by atoms with Gasteiger partial charge in [0.15, 0.2) is 11.5 Å². The molecule has 10 heteroatoms. The van der Waals surface area contributed by atoms with E-state index in [4.69, 9.17) is 30.0 Å². The van der Waals surface area contributed by atoms with Crippen LogP contribution in [-0.2, 0) is 19.0 Å². The minimum Gasteiger partial charge on any atom is -0.493 e. The molecule has 2 aromatic carbocycles. The molecule has 0 saturated carbocycles. The Labute approximate surface area is 196 Å². The summed E-state index contributed by atoms with van der Waals surface area (Å²) in [5.41, 5.74) is 2.29. The minimum absolute atomic E-state index is 0.101. The van der Waals surface area contributed by atoms with Gasteiger partial charge in [0, 0.05) is 23.2 Å². The first-order valence-electron chi connectivity index (χ1n) is 10.1. The lowest BCUT2D eigenvalue weighted by Crippen LogP contribution is -2.16. The van der Waals surface area contributed by atoms with E-state index in [-0.39, 0.29) is 24.3 Å². The van der Waals surface area contributed by atoms with E-state index in [0.29, 0.717) is 16.3 Å². The highest BCUT2D eigenvalue weighted by molar-refractivity contribution is 7.85. The van der Waals surface area contributed by atoms with Crippen molar-refractivity contribution in [1.29, 1.82) is 0 Å². The van der Waals surface area contributed by atoms with Gasteiger partial charge in [-0.2, -0.15) is 8.42 Å². The zero-order valence-corrected chi connectivity index (χ0v) is 19.8. The van der Waals surface area contributed by atoms with E-state index in [2.05, 4.69) is 0 Å². The Morgan fingerprint density at radius 1 is 1.15 bits per heavy atom. The average Bonchev–Trinajstić information content (AvgIpc) is 3.21. The molecule has 2 atom stereocenters. The van der Waals surface area contributed by atoms with Crippen molar-refractivity contribution < 1.29 is 31.2 Å². The van der Waals surface area contributed by atoms with Gasteiger partial charge in [-0.25, -0.2) is 4.39 Å². The maximum atomic E-state index is 15.3. The fraction of sp³-hybridized carbons (Fsp3) is 0.304. The molecule has 0 N–H and O–H groups in total. The Balaban J connectivity index is 1.89. The number of aromatic nitrogens is 1. The lowest BCUT2D eigenvalue weighted by molar-refractivity contribution is -0.00657. The largest absolute Gasteiger partial charge is 0.493 e. The Bertz CT molecular complexity index is 1280. The SMILES string of the molecule is COc1ccc(F)c(C2OC(CCOS(C)(=O)=O)c3cccn3-c3ccc(Cl)cc32)c1OC. The Hall–Kier alpha value is -2.59. The number of hydrogen-bond acceptors (Lipinski definition) is 6. The van der Waals surface area contributed by atoms with Gasteiger partial charge in [-0.1, -0.05) is 11.6 Å². The van der Waals surface area contributed by atoms with Gasteiger partial charge in [0.25, 0.3) is 10.1 Å². The number of benzene rings is 2. The van der Waals surface area contributed by atoms with E-state index in [1.165, 1.54) is 26.4 Å². The second-order valence-electron chi connectivity index (χ2n) is 7.52. The number of fused-ring (bicyclic) bond motifs is 3. The summed E-state index contributed by atoms with van der Waals surface area (Å²) in [6.07, 6.45) is 1.52. The number of methoxy groups -OCH3 is 2. The fourth-order valence-corrected chi connectivity index (χ4v) is 4.63. The average molecular weight is 496 g/mol. The van der Waals surface area contributed by atoms with Gasteiger partial charge in [-0.05, 0) is 42.5 Å². The zero-order chi connectivity index (χ0) is 23.8. The van der Waals surface area contributed by atoms with Crippen LogP contribution in [0, 0.1) is 5.82 Å². The maximum absolute atomic E-state index is 15.3. The predicted molar refractivity (Wildman–Crippen MR) is 121 cm³/mol. The molecule has 2 heterocycles. The van der Waals surface area contributed by atoms with E-state index in [1.807, 2.05) is 29.0 Å². The van der Waals surface area contributed by atoms with Crippen LogP contribution in [0.2, 0.25) is 5.02 Å². The number of ether oxygens (including phenoxy) is 3. The van der Waals surface area contributed by atoms with Crippen molar-refractivity contribution in [1.82, 2.24) is 4.57 Å². The van der Waals surface area contributed by atoms with Crippen molar-refractivity contribution in [3.8, 4) is 17.2 Å². The van der Waals surface area contributed by atoms with Crippen LogP contribution in [0.25, 0.3) is 5.69 Å². The molecule has 1 aromatic heterocycles. The quantitative estimate of drug-likeness (QED) is 0.438. The third-order valence-electron chi connectivity index (χ3n) is 5.41. The summed E-state index contributed by atoms with van der Waals surface area (Å²) >= 11 is 6.32. The topological polar surface area (TPSA) is 76.0 Å². The summed E-state index contributed by atoms with van der Waals surface area (Å²) in [6.45, 7) is -0.101. The molecule has 0 fully saturated rings. The van der Waals surface area contributed by atoms with Crippen molar-refractivity contribution in [3.05, 3.63) is 76.3 Å². The summed E-state index contributed by atoms with van der Waals surface area (Å²) < 4.78 is 62.5. The number of nitrogens with zero attached hydrogens (tertiary/aromatic N) is 1. The van der Waals surface area contributed by atoms with Crippen LogP contribution in [0.3, 0.4) is 0 Å². The molecule has 4 rings (SSSR count). The summed E-state index contributed by atoms with van der Waals surface area (Å²) in [7, 11) is -0.730. The van der Waals surface area contributed by atoms with Crippen molar-refractivity contribution in [3.63, 3.8) is 0 Å². The van der Waals surface area contributed by atoms with E-state index in [9.17, 15) is 8.42 Å². The monoisotopic (exact) mass is 495 g/mol. The molecule has 0 saturated heterocycles. The third-order valence-corrected chi connectivity index (χ3v) is 6.24. The van der Waals surface area contributed by atoms with E-state index in [1.54, 1.807) is 12.1 Å². The Morgan fingerprint density at radius 2 is 1.94 bits per heavy atom.